The van der Waals surface area contributed by atoms with E-state index in [9.17, 15) is 14.9 Å². The van der Waals surface area contributed by atoms with Crippen LogP contribution in [0.4, 0.5) is 11.4 Å². The first kappa shape index (κ1) is 18.1. The highest BCUT2D eigenvalue weighted by Gasteiger charge is 2.22. The summed E-state index contributed by atoms with van der Waals surface area (Å²) in [7, 11) is 2.93. The van der Waals surface area contributed by atoms with E-state index in [1.807, 2.05) is 0 Å². The van der Waals surface area contributed by atoms with E-state index in [4.69, 9.17) is 14.2 Å². The number of anilines is 1. The van der Waals surface area contributed by atoms with Gasteiger partial charge in [0.15, 0.2) is 11.9 Å². The summed E-state index contributed by atoms with van der Waals surface area (Å²) in [5.41, 5.74) is 0.254. The van der Waals surface area contributed by atoms with Crippen LogP contribution in [0.2, 0.25) is 0 Å². The van der Waals surface area contributed by atoms with E-state index in [0.29, 0.717) is 17.2 Å². The normalized spacial score (nSPS) is 11.3. The third-order valence-corrected chi connectivity index (χ3v) is 3.37. The molecule has 1 atom stereocenters. The van der Waals surface area contributed by atoms with Crippen LogP contribution in [0.1, 0.15) is 6.92 Å². The Morgan fingerprint density at radius 1 is 1.12 bits per heavy atom. The molecule has 1 N–H and O–H groups in total. The first-order valence-electron chi connectivity index (χ1n) is 7.38. The molecular formula is C17H18N2O6. The first-order chi connectivity index (χ1) is 11.9. The van der Waals surface area contributed by atoms with E-state index in [1.54, 1.807) is 24.3 Å². The van der Waals surface area contributed by atoms with Gasteiger partial charge in [0.1, 0.15) is 11.5 Å². The third-order valence-electron chi connectivity index (χ3n) is 3.37. The van der Waals surface area contributed by atoms with Gasteiger partial charge in [-0.05, 0) is 31.2 Å². The van der Waals surface area contributed by atoms with Crippen molar-refractivity contribution >= 4 is 17.3 Å². The largest absolute Gasteiger partial charge is 0.497 e. The summed E-state index contributed by atoms with van der Waals surface area (Å²) in [5, 5.41) is 13.8. The van der Waals surface area contributed by atoms with Gasteiger partial charge in [-0.2, -0.15) is 0 Å². The van der Waals surface area contributed by atoms with E-state index in [0.717, 1.165) is 0 Å². The summed E-state index contributed by atoms with van der Waals surface area (Å²) in [6, 6.07) is 11.0. The number of hydrogen-bond acceptors (Lipinski definition) is 6. The van der Waals surface area contributed by atoms with Crippen molar-refractivity contribution in [3.8, 4) is 17.2 Å². The molecular weight excluding hydrogens is 328 g/mol. The minimum Gasteiger partial charge on any atom is -0.497 e. The van der Waals surface area contributed by atoms with Crippen LogP contribution in [-0.2, 0) is 4.79 Å². The number of nitro benzene ring substituents is 1. The maximum atomic E-state index is 12.2. The second kappa shape index (κ2) is 8.00. The number of nitrogens with one attached hydrogen (secondary N) is 1. The predicted octanol–water partition coefficient (Wildman–Crippen LogP) is 3.02. The average Bonchev–Trinajstić information content (AvgIpc) is 2.61. The molecule has 0 heterocycles. The molecule has 0 aromatic heterocycles. The lowest BCUT2D eigenvalue weighted by atomic mass is 10.2. The van der Waals surface area contributed by atoms with Crippen LogP contribution in [0.5, 0.6) is 17.2 Å². The maximum Gasteiger partial charge on any atom is 0.314 e. The Labute approximate surface area is 144 Å². The Hall–Kier alpha value is -3.29. The lowest BCUT2D eigenvalue weighted by Crippen LogP contribution is -2.30. The van der Waals surface area contributed by atoms with Crippen LogP contribution in [0.3, 0.4) is 0 Å². The molecule has 0 saturated heterocycles. The Kier molecular flexibility index (Phi) is 5.78. The first-order valence-corrected chi connectivity index (χ1v) is 7.38. The summed E-state index contributed by atoms with van der Waals surface area (Å²) in [5.74, 6) is 0.460. The van der Waals surface area contributed by atoms with Gasteiger partial charge in [-0.3, -0.25) is 14.9 Å². The molecule has 8 nitrogen and oxygen atoms in total. The highest BCUT2D eigenvalue weighted by atomic mass is 16.6. The monoisotopic (exact) mass is 346 g/mol. The molecule has 0 unspecified atom stereocenters. The second-order valence-corrected chi connectivity index (χ2v) is 5.07. The van der Waals surface area contributed by atoms with Gasteiger partial charge in [0.25, 0.3) is 5.91 Å². The molecule has 2 rings (SSSR count). The van der Waals surface area contributed by atoms with Gasteiger partial charge < -0.3 is 19.5 Å². The highest BCUT2D eigenvalue weighted by Crippen LogP contribution is 2.31. The van der Waals surface area contributed by atoms with Gasteiger partial charge in [-0.1, -0.05) is 6.07 Å². The molecule has 0 spiro atoms. The second-order valence-electron chi connectivity index (χ2n) is 5.07. The van der Waals surface area contributed by atoms with Crippen LogP contribution in [0.15, 0.2) is 42.5 Å². The number of carbonyl (C=O) groups is 1. The van der Waals surface area contributed by atoms with E-state index >= 15 is 0 Å². The standard InChI is InChI=1S/C17H18N2O6/c1-11(17(20)18-12-5-4-6-13(9-12)23-2)25-16-8-7-14(24-3)10-15(16)19(21)22/h4-11H,1-3H3,(H,18,20)/t11-/m1/s1. The number of carbonyl (C=O) groups excluding carboxylic acids is 1. The van der Waals surface area contributed by atoms with Crippen molar-refractivity contribution in [3.63, 3.8) is 0 Å². The van der Waals surface area contributed by atoms with Gasteiger partial charge in [0.2, 0.25) is 0 Å². The SMILES string of the molecule is COc1cccc(NC(=O)[C@@H](C)Oc2ccc(OC)cc2[N+](=O)[O-])c1. The van der Waals surface area contributed by atoms with E-state index in [2.05, 4.69) is 5.32 Å². The Morgan fingerprint density at radius 3 is 2.44 bits per heavy atom. The van der Waals surface area contributed by atoms with Crippen LogP contribution in [-0.4, -0.2) is 31.2 Å². The summed E-state index contributed by atoms with van der Waals surface area (Å²) in [6.07, 6.45) is -0.946. The molecule has 0 aliphatic heterocycles. The van der Waals surface area contributed by atoms with Crippen LogP contribution < -0.4 is 19.5 Å². The quantitative estimate of drug-likeness (QED) is 0.611. The minimum atomic E-state index is -0.946. The fourth-order valence-electron chi connectivity index (χ4n) is 2.06. The molecule has 0 saturated carbocycles. The van der Waals surface area contributed by atoms with Crippen LogP contribution in [0.25, 0.3) is 0 Å². The average molecular weight is 346 g/mol. The lowest BCUT2D eigenvalue weighted by Gasteiger charge is -2.15. The number of ether oxygens (including phenoxy) is 3. The lowest BCUT2D eigenvalue weighted by molar-refractivity contribution is -0.386. The molecule has 25 heavy (non-hydrogen) atoms. The maximum absolute atomic E-state index is 12.2. The van der Waals surface area contributed by atoms with Crippen molar-refractivity contribution < 1.29 is 23.9 Å². The number of hydrogen-bond donors (Lipinski definition) is 1. The van der Waals surface area contributed by atoms with Gasteiger partial charge in [-0.15, -0.1) is 0 Å². The topological polar surface area (TPSA) is 99.9 Å². The zero-order valence-electron chi connectivity index (χ0n) is 14.0. The number of benzene rings is 2. The van der Waals surface area contributed by atoms with Crippen molar-refractivity contribution in [3.05, 3.63) is 52.6 Å². The minimum absolute atomic E-state index is 0.0147. The number of nitrogens with zero attached hydrogens (tertiary/aromatic N) is 1. The van der Waals surface area contributed by atoms with E-state index in [1.165, 1.54) is 39.3 Å². The molecule has 0 bridgehead atoms. The predicted molar refractivity (Wildman–Crippen MR) is 91.4 cm³/mol. The molecule has 0 aliphatic rings. The van der Waals surface area contributed by atoms with Crippen molar-refractivity contribution in [2.75, 3.05) is 19.5 Å². The highest BCUT2D eigenvalue weighted by molar-refractivity contribution is 5.94. The zero-order valence-corrected chi connectivity index (χ0v) is 14.0. The zero-order chi connectivity index (χ0) is 18.4. The van der Waals surface area contributed by atoms with Gasteiger partial charge in [-0.25, -0.2) is 0 Å². The van der Waals surface area contributed by atoms with Crippen molar-refractivity contribution in [1.82, 2.24) is 0 Å². The van der Waals surface area contributed by atoms with Gasteiger partial charge >= 0.3 is 5.69 Å². The molecule has 0 fully saturated rings. The number of nitro groups is 1. The van der Waals surface area contributed by atoms with Gasteiger partial charge in [0.05, 0.1) is 25.2 Å². The number of rotatable bonds is 7. The Morgan fingerprint density at radius 2 is 1.80 bits per heavy atom. The fraction of sp³-hybridized carbons (Fsp3) is 0.235. The van der Waals surface area contributed by atoms with E-state index < -0.39 is 16.9 Å². The van der Waals surface area contributed by atoms with Crippen molar-refractivity contribution in [2.45, 2.75) is 13.0 Å². The summed E-state index contributed by atoms with van der Waals surface area (Å²) in [4.78, 5) is 22.8. The molecule has 0 radical (unpaired) electrons. The van der Waals surface area contributed by atoms with Crippen LogP contribution >= 0.6 is 0 Å². The number of methoxy groups -OCH3 is 2. The van der Waals surface area contributed by atoms with Crippen LogP contribution in [0, 0.1) is 10.1 Å². The molecule has 132 valence electrons. The molecule has 0 aliphatic carbocycles. The fourth-order valence-corrected chi connectivity index (χ4v) is 2.06. The molecule has 1 amide bonds. The number of amides is 1. The van der Waals surface area contributed by atoms with Crippen molar-refractivity contribution in [2.24, 2.45) is 0 Å². The molecule has 8 heteroatoms. The summed E-state index contributed by atoms with van der Waals surface area (Å²) in [6.45, 7) is 1.50. The summed E-state index contributed by atoms with van der Waals surface area (Å²) >= 11 is 0. The Balaban J connectivity index is 2.11. The molecule has 2 aromatic rings. The van der Waals surface area contributed by atoms with Crippen molar-refractivity contribution in [1.29, 1.82) is 0 Å². The third kappa shape index (κ3) is 4.60. The van der Waals surface area contributed by atoms with E-state index in [-0.39, 0.29) is 11.4 Å². The molecule has 2 aromatic carbocycles. The van der Waals surface area contributed by atoms with Gasteiger partial charge in [0, 0.05) is 11.8 Å². The smallest absolute Gasteiger partial charge is 0.314 e. The summed E-state index contributed by atoms with van der Waals surface area (Å²) < 4.78 is 15.5. The Bertz CT molecular complexity index is 777.